The number of rotatable bonds is 7. The van der Waals surface area contributed by atoms with Crippen LogP contribution in [0.5, 0.6) is 11.5 Å². The van der Waals surface area contributed by atoms with Crippen LogP contribution in [0.4, 0.5) is 0 Å². The normalized spacial score (nSPS) is 14.3. The molecule has 10 heteroatoms. The van der Waals surface area contributed by atoms with Gasteiger partial charge in [-0.3, -0.25) is 4.79 Å². The van der Waals surface area contributed by atoms with E-state index in [1.165, 1.54) is 11.1 Å². The van der Waals surface area contributed by atoms with Gasteiger partial charge in [0, 0.05) is 36.0 Å². The Labute approximate surface area is 253 Å². The van der Waals surface area contributed by atoms with Gasteiger partial charge >= 0.3 is 0 Å². The molecule has 0 unspecified atom stereocenters. The second-order valence-electron chi connectivity index (χ2n) is 9.38. The minimum Gasteiger partial charge on any atom is -0.493 e. The van der Waals surface area contributed by atoms with Gasteiger partial charge < -0.3 is 9.47 Å². The van der Waals surface area contributed by atoms with Crippen LogP contribution in [-0.2, 0) is 6.61 Å². The smallest absolute Gasteiger partial charge is 0.282 e. The molecule has 0 bridgehead atoms. The molecule has 0 amide bonds. The lowest BCUT2D eigenvalue weighted by Crippen LogP contribution is -2.25. The second kappa shape index (κ2) is 12.4. The maximum absolute atomic E-state index is 13.6. The number of ether oxygens (including phenoxy) is 2. The van der Waals surface area contributed by atoms with Crippen LogP contribution >= 0.6 is 55.1 Å². The van der Waals surface area contributed by atoms with Crippen molar-refractivity contribution >= 4 is 72.2 Å². The molecule has 0 aliphatic heterocycles. The quantitative estimate of drug-likeness (QED) is 0.182. The van der Waals surface area contributed by atoms with Crippen molar-refractivity contribution in [3.63, 3.8) is 0 Å². The van der Waals surface area contributed by atoms with E-state index < -0.39 is 0 Å². The number of nitrogens with zero attached hydrogens (tertiary/aromatic N) is 3. The van der Waals surface area contributed by atoms with Crippen molar-refractivity contribution < 1.29 is 9.47 Å². The summed E-state index contributed by atoms with van der Waals surface area (Å²) in [7, 11) is 1.57. The van der Waals surface area contributed by atoms with Gasteiger partial charge in [0.25, 0.3) is 5.56 Å². The van der Waals surface area contributed by atoms with Crippen molar-refractivity contribution in [1.29, 1.82) is 0 Å². The van der Waals surface area contributed by atoms with Gasteiger partial charge in [-0.25, -0.2) is 4.98 Å². The van der Waals surface area contributed by atoms with Crippen molar-refractivity contribution in [1.82, 2.24) is 9.66 Å². The number of hydrogen-bond donors (Lipinski definition) is 0. The lowest BCUT2D eigenvalue weighted by molar-refractivity contribution is 0.284. The topological polar surface area (TPSA) is 65.7 Å². The summed E-state index contributed by atoms with van der Waals surface area (Å²) in [6.07, 6.45) is 7.07. The van der Waals surface area contributed by atoms with Gasteiger partial charge in [0.05, 0.1) is 24.2 Å². The zero-order valence-electron chi connectivity index (χ0n) is 21.1. The first-order valence-corrected chi connectivity index (χ1v) is 14.9. The molecule has 0 radical (unpaired) electrons. The molecule has 1 saturated carbocycles. The minimum atomic E-state index is -0.194. The molecular formula is C29H25Br2Cl2N3O3. The number of halogens is 4. The van der Waals surface area contributed by atoms with Gasteiger partial charge in [-0.2, -0.15) is 9.78 Å². The molecule has 6 nitrogen and oxygen atoms in total. The van der Waals surface area contributed by atoms with Crippen molar-refractivity contribution in [2.45, 2.75) is 44.6 Å². The number of benzene rings is 3. The Bertz CT molecular complexity index is 1620. The summed E-state index contributed by atoms with van der Waals surface area (Å²) in [5.41, 5.74) is 2.01. The maximum atomic E-state index is 13.6. The second-order valence-corrected chi connectivity index (χ2v) is 12.0. The molecule has 4 aromatic rings. The van der Waals surface area contributed by atoms with Crippen LogP contribution in [-0.4, -0.2) is 23.0 Å². The Morgan fingerprint density at radius 1 is 1.05 bits per heavy atom. The van der Waals surface area contributed by atoms with Crippen LogP contribution < -0.4 is 15.0 Å². The Kier molecular flexibility index (Phi) is 8.96. The molecule has 1 aliphatic rings. The van der Waals surface area contributed by atoms with Crippen LogP contribution in [0.15, 0.2) is 67.4 Å². The van der Waals surface area contributed by atoms with Crippen LogP contribution in [0.3, 0.4) is 0 Å². The Hall–Kier alpha value is -2.39. The van der Waals surface area contributed by atoms with Crippen molar-refractivity contribution in [3.8, 4) is 11.5 Å². The number of methoxy groups -OCH3 is 1. The highest BCUT2D eigenvalue weighted by molar-refractivity contribution is 9.10. The van der Waals surface area contributed by atoms with E-state index in [0.717, 1.165) is 45.8 Å². The highest BCUT2D eigenvalue weighted by Gasteiger charge is 2.22. The Morgan fingerprint density at radius 2 is 1.85 bits per heavy atom. The highest BCUT2D eigenvalue weighted by Crippen LogP contribution is 2.35. The molecule has 0 saturated heterocycles. The highest BCUT2D eigenvalue weighted by atomic mass is 79.9. The first-order chi connectivity index (χ1) is 18.8. The zero-order valence-corrected chi connectivity index (χ0v) is 25.8. The fourth-order valence-electron chi connectivity index (χ4n) is 4.74. The fourth-order valence-corrected chi connectivity index (χ4v) is 5.99. The van der Waals surface area contributed by atoms with E-state index in [0.29, 0.717) is 38.3 Å². The monoisotopic (exact) mass is 691 g/mol. The van der Waals surface area contributed by atoms with E-state index in [2.05, 4.69) is 37.0 Å². The number of fused-ring (bicyclic) bond motifs is 1. The van der Waals surface area contributed by atoms with Crippen LogP contribution in [0, 0.1) is 0 Å². The van der Waals surface area contributed by atoms with Gasteiger partial charge in [0.15, 0.2) is 11.5 Å². The molecule has 3 aromatic carbocycles. The van der Waals surface area contributed by atoms with Crippen LogP contribution in [0.2, 0.25) is 10.0 Å². The molecule has 0 N–H and O–H groups in total. The van der Waals surface area contributed by atoms with Crippen molar-refractivity contribution in [2.24, 2.45) is 5.10 Å². The third-order valence-electron chi connectivity index (χ3n) is 6.80. The summed E-state index contributed by atoms with van der Waals surface area (Å²) in [5, 5.41) is 6.26. The minimum absolute atomic E-state index is 0.185. The average molecular weight is 694 g/mol. The molecule has 39 heavy (non-hydrogen) atoms. The fraction of sp³-hybridized carbons (Fsp3) is 0.276. The Balaban J connectivity index is 1.49. The van der Waals surface area contributed by atoms with E-state index >= 15 is 0 Å². The summed E-state index contributed by atoms with van der Waals surface area (Å²) in [5.74, 6) is 1.94. The predicted octanol–water partition coefficient (Wildman–Crippen LogP) is 8.75. The molecule has 1 heterocycles. The van der Waals surface area contributed by atoms with Gasteiger partial charge in [0.2, 0.25) is 0 Å². The lowest BCUT2D eigenvalue weighted by atomic mass is 9.88. The van der Waals surface area contributed by atoms with E-state index in [1.807, 2.05) is 30.3 Å². The molecule has 1 fully saturated rings. The third-order valence-corrected chi connectivity index (χ3v) is 8.56. The van der Waals surface area contributed by atoms with E-state index in [4.69, 9.17) is 37.7 Å². The number of hydrogen-bond acceptors (Lipinski definition) is 5. The summed E-state index contributed by atoms with van der Waals surface area (Å²) in [4.78, 5) is 18.5. The molecular weight excluding hydrogens is 669 g/mol. The largest absolute Gasteiger partial charge is 0.493 e. The molecule has 202 valence electrons. The van der Waals surface area contributed by atoms with Crippen molar-refractivity contribution in [2.75, 3.05) is 7.11 Å². The van der Waals surface area contributed by atoms with Gasteiger partial charge in [0.1, 0.15) is 12.4 Å². The molecule has 0 spiro atoms. The maximum Gasteiger partial charge on any atom is 0.282 e. The number of aromatic nitrogens is 2. The average Bonchev–Trinajstić information content (AvgIpc) is 2.93. The van der Waals surface area contributed by atoms with Crippen LogP contribution in [0.1, 0.15) is 55.0 Å². The summed E-state index contributed by atoms with van der Waals surface area (Å²) in [6.45, 7) is 0.241. The molecule has 5 rings (SSSR count). The summed E-state index contributed by atoms with van der Waals surface area (Å²) in [6, 6.07) is 14.5. The van der Waals surface area contributed by atoms with E-state index in [-0.39, 0.29) is 18.1 Å². The van der Waals surface area contributed by atoms with Crippen LogP contribution in [0.25, 0.3) is 10.9 Å². The molecule has 0 atom stereocenters. The van der Waals surface area contributed by atoms with Gasteiger partial charge in [-0.1, -0.05) is 64.5 Å². The van der Waals surface area contributed by atoms with E-state index in [9.17, 15) is 4.79 Å². The third kappa shape index (κ3) is 6.35. The summed E-state index contributed by atoms with van der Waals surface area (Å²) >= 11 is 19.4. The lowest BCUT2D eigenvalue weighted by Gasteiger charge is -2.22. The Morgan fingerprint density at radius 3 is 2.59 bits per heavy atom. The standard InChI is InChI=1S/C29H25Br2Cl2N3O3/c1-38-26-11-19(23(31)14-27(26)39-16-18-7-9-21(32)13-24(18)33)15-34-36-28(17-5-3-2-4-6-17)35-25-10-8-20(30)12-22(25)29(36)37/h7-15,17H,2-6,16H2,1H3. The SMILES string of the molecule is COc1cc(C=Nn2c(C3CCCCC3)nc3ccc(Br)cc3c2=O)c(Br)cc1OCc1ccc(Cl)cc1Cl. The first kappa shape index (κ1) is 28.1. The first-order valence-electron chi connectivity index (χ1n) is 12.5. The van der Waals surface area contributed by atoms with Gasteiger partial charge in [-0.05, 0) is 71.2 Å². The molecule has 1 aromatic heterocycles. The van der Waals surface area contributed by atoms with E-state index in [1.54, 1.807) is 31.5 Å². The zero-order chi connectivity index (χ0) is 27.5. The summed E-state index contributed by atoms with van der Waals surface area (Å²) < 4.78 is 14.6. The molecule has 1 aliphatic carbocycles. The van der Waals surface area contributed by atoms with Gasteiger partial charge in [-0.15, -0.1) is 0 Å². The van der Waals surface area contributed by atoms with Crippen molar-refractivity contribution in [3.05, 3.63) is 94.8 Å². The predicted molar refractivity (Wildman–Crippen MR) is 164 cm³/mol.